The molecule has 0 bridgehead atoms. The quantitative estimate of drug-likeness (QED) is 0.817. The topological polar surface area (TPSA) is 72.2 Å². The number of hydrogen-bond acceptors (Lipinski definition) is 3. The lowest BCUT2D eigenvalue weighted by Crippen LogP contribution is -2.49. The maximum atomic E-state index is 12.2. The molecule has 0 unspecified atom stereocenters. The van der Waals surface area contributed by atoms with E-state index in [9.17, 15) is 8.42 Å². The SMILES string of the molecule is CCC(N)(CC)CNS(=O)(=O)c1cccc(Cl)c1Cl.Cl. The fourth-order valence-corrected chi connectivity index (χ4v) is 3.41. The number of benzene rings is 1. The second kappa shape index (κ2) is 7.82. The van der Waals surface area contributed by atoms with Gasteiger partial charge in [0.2, 0.25) is 10.0 Å². The second-order valence-corrected chi connectivity index (χ2v) is 6.97. The first-order valence-corrected chi connectivity index (χ1v) is 8.22. The lowest BCUT2D eigenvalue weighted by atomic mass is 9.95. The Balaban J connectivity index is 0.00000361. The van der Waals surface area contributed by atoms with Crippen molar-refractivity contribution < 1.29 is 8.42 Å². The van der Waals surface area contributed by atoms with E-state index in [1.165, 1.54) is 18.2 Å². The number of nitrogens with two attached hydrogens (primary N) is 1. The molecule has 1 rings (SSSR count). The van der Waals surface area contributed by atoms with Gasteiger partial charge in [-0.1, -0.05) is 43.1 Å². The van der Waals surface area contributed by atoms with Crippen molar-refractivity contribution in [3.63, 3.8) is 0 Å². The van der Waals surface area contributed by atoms with E-state index >= 15 is 0 Å². The maximum Gasteiger partial charge on any atom is 0.242 e. The van der Waals surface area contributed by atoms with Crippen molar-refractivity contribution in [3.05, 3.63) is 28.2 Å². The van der Waals surface area contributed by atoms with E-state index < -0.39 is 15.6 Å². The highest BCUT2D eigenvalue weighted by atomic mass is 35.5. The summed E-state index contributed by atoms with van der Waals surface area (Å²) < 4.78 is 26.8. The normalized spacial score (nSPS) is 12.1. The maximum absolute atomic E-state index is 12.2. The molecule has 0 fully saturated rings. The smallest absolute Gasteiger partial charge is 0.242 e. The van der Waals surface area contributed by atoms with Gasteiger partial charge in [0.1, 0.15) is 4.90 Å². The van der Waals surface area contributed by atoms with Crippen molar-refractivity contribution >= 4 is 45.6 Å². The Morgan fingerprint density at radius 3 is 2.30 bits per heavy atom. The summed E-state index contributed by atoms with van der Waals surface area (Å²) in [6, 6.07) is 4.49. The zero-order valence-corrected chi connectivity index (χ0v) is 14.5. The van der Waals surface area contributed by atoms with Gasteiger partial charge in [-0.05, 0) is 25.0 Å². The van der Waals surface area contributed by atoms with Crippen LogP contribution in [0.1, 0.15) is 26.7 Å². The number of nitrogens with one attached hydrogen (secondary N) is 1. The molecule has 0 aliphatic heterocycles. The third-order valence-electron chi connectivity index (χ3n) is 3.23. The average Bonchev–Trinajstić information content (AvgIpc) is 2.39. The summed E-state index contributed by atoms with van der Waals surface area (Å²) in [5.74, 6) is 0. The van der Waals surface area contributed by atoms with Crippen molar-refractivity contribution in [3.8, 4) is 0 Å². The Hall–Kier alpha value is -0.0400. The van der Waals surface area contributed by atoms with Gasteiger partial charge in [-0.25, -0.2) is 13.1 Å². The Labute approximate surface area is 136 Å². The highest BCUT2D eigenvalue weighted by Crippen LogP contribution is 2.28. The number of halogens is 3. The van der Waals surface area contributed by atoms with Crippen LogP contribution in [0.5, 0.6) is 0 Å². The fraction of sp³-hybridized carbons (Fsp3) is 0.500. The molecule has 116 valence electrons. The van der Waals surface area contributed by atoms with Crippen LogP contribution >= 0.6 is 35.6 Å². The first-order chi connectivity index (χ1) is 8.75. The van der Waals surface area contributed by atoms with Crippen molar-refractivity contribution in [2.45, 2.75) is 37.1 Å². The highest BCUT2D eigenvalue weighted by Gasteiger charge is 2.25. The Kier molecular flexibility index (Phi) is 7.81. The van der Waals surface area contributed by atoms with Crippen LogP contribution < -0.4 is 10.5 Å². The highest BCUT2D eigenvalue weighted by molar-refractivity contribution is 7.89. The summed E-state index contributed by atoms with van der Waals surface area (Å²) in [6.07, 6.45) is 1.35. The summed E-state index contributed by atoms with van der Waals surface area (Å²) in [5, 5.41) is 0.224. The van der Waals surface area contributed by atoms with Gasteiger partial charge in [-0.3, -0.25) is 0 Å². The Bertz CT molecular complexity index is 546. The van der Waals surface area contributed by atoms with E-state index in [0.717, 1.165) is 0 Å². The molecule has 1 aromatic carbocycles. The zero-order valence-electron chi connectivity index (χ0n) is 11.3. The minimum absolute atomic E-state index is 0. The van der Waals surface area contributed by atoms with Gasteiger partial charge >= 0.3 is 0 Å². The molecule has 0 atom stereocenters. The molecule has 0 saturated heterocycles. The molecule has 0 spiro atoms. The average molecular weight is 362 g/mol. The van der Waals surface area contributed by atoms with Gasteiger partial charge in [0.15, 0.2) is 0 Å². The van der Waals surface area contributed by atoms with Crippen molar-refractivity contribution in [2.24, 2.45) is 5.73 Å². The van der Waals surface area contributed by atoms with Crippen LogP contribution in [0.3, 0.4) is 0 Å². The predicted octanol–water partition coefficient (Wildman–Crippen LogP) is 3.21. The van der Waals surface area contributed by atoms with Crippen LogP contribution in [0.25, 0.3) is 0 Å². The Morgan fingerprint density at radius 1 is 1.25 bits per heavy atom. The molecule has 4 nitrogen and oxygen atoms in total. The lowest BCUT2D eigenvalue weighted by molar-refractivity contribution is 0.392. The zero-order chi connectivity index (χ0) is 14.7. The molecule has 0 aliphatic carbocycles. The number of rotatable bonds is 6. The molecule has 8 heteroatoms. The van der Waals surface area contributed by atoms with E-state index in [1.54, 1.807) is 0 Å². The minimum atomic E-state index is -3.71. The summed E-state index contributed by atoms with van der Waals surface area (Å²) in [7, 11) is -3.71. The fourth-order valence-electron chi connectivity index (χ4n) is 1.51. The van der Waals surface area contributed by atoms with Gasteiger partial charge in [-0.2, -0.15) is 0 Å². The van der Waals surface area contributed by atoms with Crippen molar-refractivity contribution in [2.75, 3.05) is 6.54 Å². The molecule has 0 aromatic heterocycles. The van der Waals surface area contributed by atoms with Crippen LogP contribution in [0.4, 0.5) is 0 Å². The molecule has 20 heavy (non-hydrogen) atoms. The largest absolute Gasteiger partial charge is 0.324 e. The van der Waals surface area contributed by atoms with Crippen LogP contribution in [0, 0.1) is 0 Å². The monoisotopic (exact) mass is 360 g/mol. The van der Waals surface area contributed by atoms with Crippen LogP contribution in [-0.4, -0.2) is 20.5 Å². The molecular weight excluding hydrogens is 343 g/mol. The minimum Gasteiger partial charge on any atom is -0.324 e. The molecule has 0 amide bonds. The van der Waals surface area contributed by atoms with E-state index in [-0.39, 0.29) is 33.9 Å². The van der Waals surface area contributed by atoms with Crippen molar-refractivity contribution in [1.29, 1.82) is 0 Å². The van der Waals surface area contributed by atoms with E-state index in [0.29, 0.717) is 12.8 Å². The van der Waals surface area contributed by atoms with Gasteiger partial charge in [0, 0.05) is 12.1 Å². The third-order valence-corrected chi connectivity index (χ3v) is 5.60. The standard InChI is InChI=1S/C12H18Cl2N2O2S.ClH/c1-3-12(15,4-2)8-16-19(17,18)10-7-5-6-9(13)11(10)14;/h5-7,16H,3-4,8,15H2,1-2H3;1H. The molecular formula is C12H19Cl3N2O2S. The number of sulfonamides is 1. The van der Waals surface area contributed by atoms with Gasteiger partial charge < -0.3 is 5.73 Å². The predicted molar refractivity (Wildman–Crippen MR) is 86.4 cm³/mol. The summed E-state index contributed by atoms with van der Waals surface area (Å²) in [5.41, 5.74) is 5.51. The summed E-state index contributed by atoms with van der Waals surface area (Å²) in [4.78, 5) is -0.0313. The molecule has 1 aromatic rings. The van der Waals surface area contributed by atoms with Crippen LogP contribution in [0.2, 0.25) is 10.0 Å². The summed E-state index contributed by atoms with van der Waals surface area (Å²) >= 11 is 11.7. The van der Waals surface area contributed by atoms with E-state index in [4.69, 9.17) is 28.9 Å². The molecule has 0 saturated carbocycles. The molecule has 0 heterocycles. The van der Waals surface area contributed by atoms with E-state index in [2.05, 4.69) is 4.72 Å². The van der Waals surface area contributed by atoms with Crippen molar-refractivity contribution in [1.82, 2.24) is 4.72 Å². The third kappa shape index (κ3) is 4.76. The summed E-state index contributed by atoms with van der Waals surface area (Å²) in [6.45, 7) is 4.00. The van der Waals surface area contributed by atoms with E-state index in [1.807, 2.05) is 13.8 Å². The molecule has 0 radical (unpaired) electrons. The second-order valence-electron chi connectivity index (χ2n) is 4.45. The van der Waals surface area contributed by atoms with Crippen LogP contribution in [-0.2, 0) is 10.0 Å². The van der Waals surface area contributed by atoms with Crippen LogP contribution in [0.15, 0.2) is 23.1 Å². The Morgan fingerprint density at radius 2 is 1.80 bits per heavy atom. The molecule has 3 N–H and O–H groups in total. The van der Waals surface area contributed by atoms with Gasteiger partial charge in [-0.15, -0.1) is 12.4 Å². The lowest BCUT2D eigenvalue weighted by Gasteiger charge is -2.26. The first kappa shape index (κ1) is 20.0. The number of hydrogen-bond donors (Lipinski definition) is 2. The van der Waals surface area contributed by atoms with Gasteiger partial charge in [0.25, 0.3) is 0 Å². The van der Waals surface area contributed by atoms with Gasteiger partial charge in [0.05, 0.1) is 10.0 Å². The molecule has 0 aliphatic rings. The first-order valence-electron chi connectivity index (χ1n) is 5.98.